The van der Waals surface area contributed by atoms with Gasteiger partial charge >= 0.3 is 0 Å². The molecule has 3 N–H and O–H groups in total. The molecule has 0 aliphatic heterocycles. The summed E-state index contributed by atoms with van der Waals surface area (Å²) < 4.78 is 7.67. The van der Waals surface area contributed by atoms with Crippen LogP contribution in [0.25, 0.3) is 0 Å². The van der Waals surface area contributed by atoms with E-state index < -0.39 is 0 Å². The van der Waals surface area contributed by atoms with Crippen LogP contribution in [0, 0.1) is 0 Å². The molecule has 0 saturated carbocycles. The average Bonchev–Trinajstić information content (AvgIpc) is 2.79. The molecule has 0 aromatic carbocycles. The maximum atomic E-state index is 11.7. The minimum atomic E-state index is -0.319. The van der Waals surface area contributed by atoms with Crippen LogP contribution in [-0.2, 0) is 0 Å². The molecule has 16 heavy (non-hydrogen) atoms. The van der Waals surface area contributed by atoms with Crippen molar-refractivity contribution in [2.24, 2.45) is 5.73 Å². The summed E-state index contributed by atoms with van der Waals surface area (Å²) in [5, 5.41) is 2.92. The molecule has 5 nitrogen and oxygen atoms in total. The van der Waals surface area contributed by atoms with Gasteiger partial charge in [-0.1, -0.05) is 13.8 Å². The first-order chi connectivity index (χ1) is 7.17. The van der Waals surface area contributed by atoms with Crippen molar-refractivity contribution >= 4 is 30.0 Å². The monoisotopic (exact) mass is 264 g/mol. The van der Waals surface area contributed by atoms with Crippen LogP contribution in [-0.4, -0.2) is 26.7 Å². The SMILES string of the molecule is CCC(CC)(CN)NC(=O)c1cnsn1.Cl. The lowest BCUT2D eigenvalue weighted by Gasteiger charge is -2.30. The second kappa shape index (κ2) is 6.78. The third kappa shape index (κ3) is 3.40. The quantitative estimate of drug-likeness (QED) is 0.838. The fourth-order valence-electron chi connectivity index (χ4n) is 1.34. The zero-order valence-corrected chi connectivity index (χ0v) is 11.0. The Morgan fingerprint density at radius 2 is 2.19 bits per heavy atom. The number of carbonyl (C=O) groups is 1. The Morgan fingerprint density at radius 3 is 2.56 bits per heavy atom. The van der Waals surface area contributed by atoms with Gasteiger partial charge in [-0.3, -0.25) is 4.79 Å². The summed E-state index contributed by atoms with van der Waals surface area (Å²) in [6.45, 7) is 4.45. The van der Waals surface area contributed by atoms with Gasteiger partial charge in [0.05, 0.1) is 23.5 Å². The topological polar surface area (TPSA) is 80.9 Å². The van der Waals surface area contributed by atoms with E-state index in [0.717, 1.165) is 24.6 Å². The highest BCUT2D eigenvalue weighted by atomic mass is 35.5. The molecule has 0 aliphatic rings. The predicted molar refractivity (Wildman–Crippen MR) is 67.0 cm³/mol. The van der Waals surface area contributed by atoms with Gasteiger partial charge in [0.1, 0.15) is 0 Å². The zero-order valence-electron chi connectivity index (χ0n) is 9.40. The van der Waals surface area contributed by atoms with Gasteiger partial charge < -0.3 is 11.1 Å². The number of aromatic nitrogens is 2. The number of hydrogen-bond donors (Lipinski definition) is 2. The number of nitrogens with zero attached hydrogens (tertiary/aromatic N) is 2. The van der Waals surface area contributed by atoms with Crippen molar-refractivity contribution in [1.29, 1.82) is 0 Å². The highest BCUT2D eigenvalue weighted by molar-refractivity contribution is 6.99. The lowest BCUT2D eigenvalue weighted by atomic mass is 9.93. The Morgan fingerprint density at radius 1 is 1.56 bits per heavy atom. The van der Waals surface area contributed by atoms with Crippen molar-refractivity contribution in [3.8, 4) is 0 Å². The summed E-state index contributed by atoms with van der Waals surface area (Å²) in [6.07, 6.45) is 3.08. The molecule has 0 radical (unpaired) electrons. The van der Waals surface area contributed by atoms with Gasteiger partial charge in [0.25, 0.3) is 5.91 Å². The fourth-order valence-corrected chi connectivity index (χ4v) is 1.75. The number of nitrogens with one attached hydrogen (secondary N) is 1. The molecule has 0 saturated heterocycles. The number of nitrogens with two attached hydrogens (primary N) is 1. The van der Waals surface area contributed by atoms with Crippen molar-refractivity contribution in [1.82, 2.24) is 14.1 Å². The first-order valence-corrected chi connectivity index (χ1v) is 5.70. The van der Waals surface area contributed by atoms with Crippen LogP contribution in [0.4, 0.5) is 0 Å². The molecule has 7 heteroatoms. The largest absolute Gasteiger partial charge is 0.344 e. The summed E-state index contributed by atoms with van der Waals surface area (Å²) in [5.41, 5.74) is 5.72. The maximum Gasteiger partial charge on any atom is 0.273 e. The Balaban J connectivity index is 0.00000225. The lowest BCUT2D eigenvalue weighted by Crippen LogP contribution is -2.52. The Labute approximate surface area is 106 Å². The van der Waals surface area contributed by atoms with E-state index in [-0.39, 0.29) is 23.9 Å². The molecule has 0 spiro atoms. The summed E-state index contributed by atoms with van der Waals surface area (Å²) in [6, 6.07) is 0. The first-order valence-electron chi connectivity index (χ1n) is 4.97. The molecule has 0 fully saturated rings. The van der Waals surface area contributed by atoms with Gasteiger partial charge in [0.2, 0.25) is 0 Å². The van der Waals surface area contributed by atoms with Crippen LogP contribution in [0.1, 0.15) is 37.2 Å². The molecule has 1 aromatic heterocycles. The van der Waals surface area contributed by atoms with Gasteiger partial charge in [-0.25, -0.2) is 0 Å². The zero-order chi connectivity index (χ0) is 11.3. The predicted octanol–water partition coefficient (Wildman–Crippen LogP) is 1.21. The fraction of sp³-hybridized carbons (Fsp3) is 0.667. The van der Waals surface area contributed by atoms with Gasteiger partial charge in [-0.2, -0.15) is 8.75 Å². The standard InChI is InChI=1S/C9H16N4OS.ClH/c1-3-9(4-2,6-10)12-8(14)7-5-11-15-13-7;/h5H,3-4,6,10H2,1-2H3,(H,12,14);1H. The van der Waals surface area contributed by atoms with Crippen molar-refractivity contribution in [3.63, 3.8) is 0 Å². The van der Waals surface area contributed by atoms with Crippen molar-refractivity contribution in [3.05, 3.63) is 11.9 Å². The highest BCUT2D eigenvalue weighted by Crippen LogP contribution is 2.14. The van der Waals surface area contributed by atoms with Crippen molar-refractivity contribution in [2.45, 2.75) is 32.2 Å². The van der Waals surface area contributed by atoms with E-state index in [4.69, 9.17) is 5.73 Å². The van der Waals surface area contributed by atoms with Crippen molar-refractivity contribution in [2.75, 3.05) is 6.54 Å². The number of hydrogen-bond acceptors (Lipinski definition) is 5. The van der Waals surface area contributed by atoms with Crippen LogP contribution < -0.4 is 11.1 Å². The van der Waals surface area contributed by atoms with E-state index in [1.54, 1.807) is 0 Å². The second-order valence-electron chi connectivity index (χ2n) is 3.44. The lowest BCUT2D eigenvalue weighted by molar-refractivity contribution is 0.0891. The molecule has 1 heterocycles. The van der Waals surface area contributed by atoms with Crippen LogP contribution in [0.5, 0.6) is 0 Å². The number of carbonyl (C=O) groups excluding carboxylic acids is 1. The second-order valence-corrected chi connectivity index (χ2v) is 4.00. The van der Waals surface area contributed by atoms with E-state index in [0.29, 0.717) is 12.2 Å². The summed E-state index contributed by atoms with van der Waals surface area (Å²) in [7, 11) is 0. The normalized spacial score (nSPS) is 10.7. The molecule has 0 aliphatic carbocycles. The first kappa shape index (κ1) is 15.3. The molecular formula is C9H17ClN4OS. The van der Waals surface area contributed by atoms with E-state index in [9.17, 15) is 4.79 Å². The maximum absolute atomic E-state index is 11.7. The van der Waals surface area contributed by atoms with Crippen molar-refractivity contribution < 1.29 is 4.79 Å². The molecule has 0 bridgehead atoms. The smallest absolute Gasteiger partial charge is 0.273 e. The van der Waals surface area contributed by atoms with Gasteiger partial charge in [-0.15, -0.1) is 12.4 Å². The highest BCUT2D eigenvalue weighted by Gasteiger charge is 2.27. The van der Waals surface area contributed by atoms with Gasteiger partial charge in [0, 0.05) is 6.54 Å². The summed E-state index contributed by atoms with van der Waals surface area (Å²) in [5.74, 6) is -0.196. The van der Waals surface area contributed by atoms with Crippen LogP contribution >= 0.6 is 24.1 Å². The molecule has 1 aromatic rings. The van der Waals surface area contributed by atoms with Gasteiger partial charge in [-0.05, 0) is 12.8 Å². The van der Waals surface area contributed by atoms with Crippen LogP contribution in [0.2, 0.25) is 0 Å². The molecule has 1 amide bonds. The summed E-state index contributed by atoms with van der Waals surface area (Å²) in [4.78, 5) is 11.7. The van der Waals surface area contributed by atoms with E-state index in [1.807, 2.05) is 13.8 Å². The minimum absolute atomic E-state index is 0. The van der Waals surface area contributed by atoms with E-state index in [1.165, 1.54) is 6.20 Å². The molecule has 0 unspecified atom stereocenters. The molecular weight excluding hydrogens is 248 g/mol. The van der Waals surface area contributed by atoms with E-state index in [2.05, 4.69) is 14.1 Å². The van der Waals surface area contributed by atoms with Crippen LogP contribution in [0.3, 0.4) is 0 Å². The van der Waals surface area contributed by atoms with E-state index >= 15 is 0 Å². The Hall–Kier alpha value is -0.720. The van der Waals surface area contributed by atoms with Crippen LogP contribution in [0.15, 0.2) is 6.20 Å². The minimum Gasteiger partial charge on any atom is -0.344 e. The molecule has 1 rings (SSSR count). The number of halogens is 1. The molecule has 92 valence electrons. The number of amides is 1. The third-order valence-corrected chi connectivity index (χ3v) is 3.19. The number of rotatable bonds is 5. The summed E-state index contributed by atoms with van der Waals surface area (Å²) >= 11 is 1.02. The Kier molecular flexibility index (Phi) is 6.47. The Bertz CT molecular complexity index is 305. The van der Waals surface area contributed by atoms with Gasteiger partial charge in [0.15, 0.2) is 5.69 Å². The average molecular weight is 265 g/mol. The third-order valence-electron chi connectivity index (χ3n) is 2.72. The molecule has 0 atom stereocenters.